The van der Waals surface area contributed by atoms with Crippen LogP contribution in [0.3, 0.4) is 0 Å². The van der Waals surface area contributed by atoms with Gasteiger partial charge >= 0.3 is 0 Å². The third-order valence-corrected chi connectivity index (χ3v) is 5.07. The fourth-order valence-electron chi connectivity index (χ4n) is 3.47. The molecular formula is C26H20FN3O. The molecule has 4 aromatic carbocycles. The van der Waals surface area contributed by atoms with E-state index in [1.54, 1.807) is 6.07 Å². The summed E-state index contributed by atoms with van der Waals surface area (Å²) in [5.41, 5.74) is 5.54. The van der Waals surface area contributed by atoms with Gasteiger partial charge < -0.3 is 15.0 Å². The highest BCUT2D eigenvalue weighted by Crippen LogP contribution is 2.25. The average Bonchev–Trinajstić information content (AvgIpc) is 3.21. The number of nitrogens with one attached hydrogen (secondary N) is 2. The lowest BCUT2D eigenvalue weighted by atomic mass is 10.1. The van der Waals surface area contributed by atoms with Crippen molar-refractivity contribution in [3.8, 4) is 16.9 Å². The van der Waals surface area contributed by atoms with Gasteiger partial charge in [0.15, 0.2) is 0 Å². The average molecular weight is 409 g/mol. The zero-order valence-electron chi connectivity index (χ0n) is 16.7. The van der Waals surface area contributed by atoms with E-state index in [1.807, 2.05) is 54.6 Å². The van der Waals surface area contributed by atoms with E-state index in [-0.39, 0.29) is 5.82 Å². The Morgan fingerprint density at radius 2 is 1.55 bits per heavy atom. The fraction of sp³-hybridized carbons (Fsp3) is 0.0385. The zero-order valence-corrected chi connectivity index (χ0v) is 16.7. The van der Waals surface area contributed by atoms with Crippen molar-refractivity contribution in [2.24, 2.45) is 0 Å². The third kappa shape index (κ3) is 4.26. The molecule has 2 N–H and O–H groups in total. The van der Waals surface area contributed by atoms with E-state index in [2.05, 4.69) is 39.6 Å². The topological polar surface area (TPSA) is 49.9 Å². The number of aromatic amines is 1. The van der Waals surface area contributed by atoms with Crippen LogP contribution in [0.5, 0.6) is 5.75 Å². The van der Waals surface area contributed by atoms with Crippen LogP contribution < -0.4 is 10.1 Å². The maximum Gasteiger partial charge on any atom is 0.205 e. The van der Waals surface area contributed by atoms with Crippen molar-refractivity contribution in [2.75, 3.05) is 5.32 Å². The van der Waals surface area contributed by atoms with Crippen LogP contribution in [0.4, 0.5) is 16.0 Å². The molecule has 0 aliphatic rings. The van der Waals surface area contributed by atoms with Gasteiger partial charge in [-0.2, -0.15) is 0 Å². The molecule has 4 nitrogen and oxygen atoms in total. The van der Waals surface area contributed by atoms with Gasteiger partial charge in [-0.25, -0.2) is 9.37 Å². The van der Waals surface area contributed by atoms with E-state index < -0.39 is 0 Å². The van der Waals surface area contributed by atoms with E-state index in [1.165, 1.54) is 17.7 Å². The summed E-state index contributed by atoms with van der Waals surface area (Å²) >= 11 is 0. The first-order valence-corrected chi connectivity index (χ1v) is 10.0. The summed E-state index contributed by atoms with van der Waals surface area (Å²) in [6, 6.07) is 30.7. The first kappa shape index (κ1) is 18.9. The second-order valence-corrected chi connectivity index (χ2v) is 7.21. The van der Waals surface area contributed by atoms with E-state index in [0.717, 1.165) is 22.6 Å². The highest BCUT2D eigenvalue weighted by Gasteiger charge is 2.08. The van der Waals surface area contributed by atoms with Gasteiger partial charge in [-0.05, 0) is 47.5 Å². The minimum atomic E-state index is -0.296. The summed E-state index contributed by atoms with van der Waals surface area (Å²) in [5, 5.41) is 3.28. The number of anilines is 2. The number of H-pyrrole nitrogens is 1. The van der Waals surface area contributed by atoms with Crippen molar-refractivity contribution in [1.29, 1.82) is 0 Å². The molecule has 0 fully saturated rings. The van der Waals surface area contributed by atoms with Crippen LogP contribution in [-0.2, 0) is 6.61 Å². The van der Waals surface area contributed by atoms with Gasteiger partial charge in [0, 0.05) is 11.3 Å². The lowest BCUT2D eigenvalue weighted by Gasteiger charge is -2.12. The van der Waals surface area contributed by atoms with Crippen LogP contribution in [0.2, 0.25) is 0 Å². The molecular weight excluding hydrogens is 389 g/mol. The summed E-state index contributed by atoms with van der Waals surface area (Å²) < 4.78 is 19.5. The van der Waals surface area contributed by atoms with Crippen LogP contribution in [0.15, 0.2) is 97.1 Å². The SMILES string of the molecule is Fc1ccc2nc(Nc3ccccc3COc3ccc(-c4ccccc4)cc3)[nH]c2c1. The van der Waals surface area contributed by atoms with Gasteiger partial charge in [0.2, 0.25) is 5.95 Å². The maximum atomic E-state index is 13.4. The highest BCUT2D eigenvalue weighted by molar-refractivity contribution is 5.78. The molecule has 1 heterocycles. The Labute approximate surface area is 179 Å². The first-order chi connectivity index (χ1) is 15.2. The van der Waals surface area contributed by atoms with Gasteiger partial charge in [0.05, 0.1) is 11.0 Å². The van der Waals surface area contributed by atoms with Gasteiger partial charge in [-0.15, -0.1) is 0 Å². The molecule has 0 spiro atoms. The molecule has 152 valence electrons. The predicted octanol–water partition coefficient (Wildman–Crippen LogP) is 6.69. The quantitative estimate of drug-likeness (QED) is 0.328. The number of para-hydroxylation sites is 1. The fourth-order valence-corrected chi connectivity index (χ4v) is 3.47. The molecule has 31 heavy (non-hydrogen) atoms. The van der Waals surface area contributed by atoms with Gasteiger partial charge in [0.1, 0.15) is 18.2 Å². The number of halogens is 1. The molecule has 5 aromatic rings. The van der Waals surface area contributed by atoms with Crippen LogP contribution in [0.1, 0.15) is 5.56 Å². The molecule has 0 amide bonds. The largest absolute Gasteiger partial charge is 0.489 e. The lowest BCUT2D eigenvalue weighted by Crippen LogP contribution is -2.01. The van der Waals surface area contributed by atoms with Gasteiger partial charge in [-0.1, -0.05) is 60.7 Å². The Morgan fingerprint density at radius 1 is 0.806 bits per heavy atom. The smallest absolute Gasteiger partial charge is 0.205 e. The van der Waals surface area contributed by atoms with Crippen molar-refractivity contribution in [3.05, 3.63) is 108 Å². The summed E-state index contributed by atoms with van der Waals surface area (Å²) in [4.78, 5) is 7.58. The molecule has 0 aliphatic carbocycles. The van der Waals surface area contributed by atoms with Gasteiger partial charge in [0.25, 0.3) is 0 Å². The molecule has 0 atom stereocenters. The molecule has 0 bridgehead atoms. The van der Waals surface area contributed by atoms with Crippen molar-refractivity contribution >= 4 is 22.7 Å². The number of ether oxygens (including phenoxy) is 1. The van der Waals surface area contributed by atoms with Crippen LogP contribution in [0, 0.1) is 5.82 Å². The zero-order chi connectivity index (χ0) is 21.0. The number of benzene rings is 4. The van der Waals surface area contributed by atoms with Crippen molar-refractivity contribution in [1.82, 2.24) is 9.97 Å². The molecule has 5 rings (SSSR count). The van der Waals surface area contributed by atoms with E-state index in [4.69, 9.17) is 4.74 Å². The third-order valence-electron chi connectivity index (χ3n) is 5.07. The van der Waals surface area contributed by atoms with Crippen molar-refractivity contribution in [2.45, 2.75) is 6.61 Å². The molecule has 0 saturated carbocycles. The number of imidazole rings is 1. The Hall–Kier alpha value is -4.12. The summed E-state index contributed by atoms with van der Waals surface area (Å²) in [6.07, 6.45) is 0. The molecule has 1 aromatic heterocycles. The van der Waals surface area contributed by atoms with E-state index in [9.17, 15) is 4.39 Å². The van der Waals surface area contributed by atoms with E-state index in [0.29, 0.717) is 23.6 Å². The molecule has 0 unspecified atom stereocenters. The monoisotopic (exact) mass is 409 g/mol. The highest BCUT2D eigenvalue weighted by atomic mass is 19.1. The number of fused-ring (bicyclic) bond motifs is 1. The van der Waals surface area contributed by atoms with Crippen LogP contribution >= 0.6 is 0 Å². The molecule has 0 aliphatic heterocycles. The van der Waals surface area contributed by atoms with Gasteiger partial charge in [-0.3, -0.25) is 0 Å². The normalized spacial score (nSPS) is 10.9. The standard InChI is InChI=1S/C26H20FN3O/c27-21-12-15-24-25(16-21)30-26(29-24)28-23-9-5-4-8-20(23)17-31-22-13-10-19(11-14-22)18-6-2-1-3-7-18/h1-16H,17H2,(H2,28,29,30). The number of rotatable bonds is 6. The minimum absolute atomic E-state index is 0.296. The van der Waals surface area contributed by atoms with Crippen molar-refractivity contribution < 1.29 is 9.13 Å². The maximum absolute atomic E-state index is 13.4. The minimum Gasteiger partial charge on any atom is -0.489 e. The Morgan fingerprint density at radius 3 is 2.39 bits per heavy atom. The second kappa shape index (κ2) is 8.32. The lowest BCUT2D eigenvalue weighted by molar-refractivity contribution is 0.307. The van der Waals surface area contributed by atoms with Crippen LogP contribution in [-0.4, -0.2) is 9.97 Å². The number of aromatic nitrogens is 2. The molecule has 0 radical (unpaired) electrons. The summed E-state index contributed by atoms with van der Waals surface area (Å²) in [6.45, 7) is 0.405. The molecule has 0 saturated heterocycles. The number of hydrogen-bond donors (Lipinski definition) is 2. The van der Waals surface area contributed by atoms with E-state index >= 15 is 0 Å². The number of hydrogen-bond acceptors (Lipinski definition) is 3. The molecule has 5 heteroatoms. The summed E-state index contributed by atoms with van der Waals surface area (Å²) in [5.74, 6) is 1.06. The first-order valence-electron chi connectivity index (χ1n) is 10.0. The Balaban J connectivity index is 1.30. The van der Waals surface area contributed by atoms with Crippen LogP contribution in [0.25, 0.3) is 22.2 Å². The predicted molar refractivity (Wildman–Crippen MR) is 122 cm³/mol. The summed E-state index contributed by atoms with van der Waals surface area (Å²) in [7, 11) is 0. The Bertz CT molecular complexity index is 1310. The Kier molecular flexibility index (Phi) is 5.07. The van der Waals surface area contributed by atoms with Crippen molar-refractivity contribution in [3.63, 3.8) is 0 Å². The second-order valence-electron chi connectivity index (χ2n) is 7.21. The number of nitrogens with zero attached hydrogens (tertiary/aromatic N) is 1.